The number of nitrogens with two attached hydrogens (primary N) is 1. The maximum atomic E-state index is 5.70. The Morgan fingerprint density at radius 2 is 1.93 bits per heavy atom. The standard InChI is InChI=1S/C18H33N7OS/c1-3-5-10-24(11-6-4-2)14-16-13-21-25(15-16)26-12-8-7-9-20-18-17(19)22-27-23-18/h13,15H,3-12,14H2,1-2H3,(H2,19,22)(H,20,23). The zero-order valence-corrected chi connectivity index (χ0v) is 17.4. The SMILES string of the molecule is CCCCN(CCCC)Cc1cnn(OCCCCNc2nsnc2N)c1. The number of nitrogens with one attached hydrogen (secondary N) is 1. The highest BCUT2D eigenvalue weighted by atomic mass is 32.1. The van der Waals surface area contributed by atoms with E-state index in [9.17, 15) is 0 Å². The second kappa shape index (κ2) is 12.5. The van der Waals surface area contributed by atoms with E-state index >= 15 is 0 Å². The Hall–Kier alpha value is -1.87. The van der Waals surface area contributed by atoms with Crippen LogP contribution in [0.15, 0.2) is 12.4 Å². The lowest BCUT2D eigenvalue weighted by molar-refractivity contribution is 0.0797. The Labute approximate surface area is 166 Å². The number of rotatable bonds is 15. The molecule has 0 spiro atoms. The summed E-state index contributed by atoms with van der Waals surface area (Å²) >= 11 is 1.12. The average molecular weight is 396 g/mol. The molecule has 9 heteroatoms. The molecule has 0 amide bonds. The van der Waals surface area contributed by atoms with Crippen LogP contribution >= 0.6 is 11.7 Å². The third-order valence-electron chi connectivity index (χ3n) is 4.28. The van der Waals surface area contributed by atoms with Gasteiger partial charge in [0.05, 0.1) is 24.1 Å². The van der Waals surface area contributed by atoms with Gasteiger partial charge in [-0.25, -0.2) is 0 Å². The fourth-order valence-corrected chi connectivity index (χ4v) is 3.15. The van der Waals surface area contributed by atoms with Gasteiger partial charge in [0.15, 0.2) is 11.6 Å². The molecule has 0 aliphatic heterocycles. The third-order valence-corrected chi connectivity index (χ3v) is 4.82. The molecule has 3 N–H and O–H groups in total. The number of hydrogen-bond donors (Lipinski definition) is 2. The van der Waals surface area contributed by atoms with Gasteiger partial charge in [-0.1, -0.05) is 26.7 Å². The maximum absolute atomic E-state index is 5.70. The van der Waals surface area contributed by atoms with Crippen molar-refractivity contribution in [1.29, 1.82) is 0 Å². The average Bonchev–Trinajstić information content (AvgIpc) is 3.29. The molecule has 2 heterocycles. The zero-order valence-electron chi connectivity index (χ0n) is 16.6. The molecule has 0 unspecified atom stereocenters. The topological polar surface area (TPSA) is 94.1 Å². The van der Waals surface area contributed by atoms with E-state index < -0.39 is 0 Å². The van der Waals surface area contributed by atoms with Gasteiger partial charge < -0.3 is 15.9 Å². The molecule has 0 atom stereocenters. The third kappa shape index (κ3) is 8.13. The lowest BCUT2D eigenvalue weighted by Crippen LogP contribution is -2.25. The van der Waals surface area contributed by atoms with Crippen LogP contribution in [0.25, 0.3) is 0 Å². The van der Waals surface area contributed by atoms with Crippen molar-refractivity contribution in [3.63, 3.8) is 0 Å². The molecule has 0 aliphatic carbocycles. The van der Waals surface area contributed by atoms with Crippen LogP contribution < -0.4 is 15.9 Å². The minimum atomic E-state index is 0.465. The molecule has 0 radical (unpaired) electrons. The smallest absolute Gasteiger partial charge is 0.184 e. The summed E-state index contributed by atoms with van der Waals surface area (Å²) in [5.41, 5.74) is 6.89. The predicted octanol–water partition coefficient (Wildman–Crippen LogP) is 3.04. The summed E-state index contributed by atoms with van der Waals surface area (Å²) in [6.07, 6.45) is 10.7. The van der Waals surface area contributed by atoms with Gasteiger partial charge in [0.2, 0.25) is 0 Å². The van der Waals surface area contributed by atoms with Gasteiger partial charge in [-0.3, -0.25) is 4.90 Å². The molecule has 0 saturated heterocycles. The summed E-state index contributed by atoms with van der Waals surface area (Å²) in [7, 11) is 0. The molecule has 0 aromatic carbocycles. The van der Waals surface area contributed by atoms with Gasteiger partial charge in [-0.15, -0.1) is 9.94 Å². The van der Waals surface area contributed by atoms with Crippen molar-refractivity contribution in [2.45, 2.75) is 58.9 Å². The molecule has 27 heavy (non-hydrogen) atoms. The van der Waals surface area contributed by atoms with Crippen LogP contribution in [0.5, 0.6) is 0 Å². The first-order valence-electron chi connectivity index (χ1n) is 9.94. The first-order chi connectivity index (χ1) is 13.2. The predicted molar refractivity (Wildman–Crippen MR) is 111 cm³/mol. The minimum absolute atomic E-state index is 0.465. The van der Waals surface area contributed by atoms with Crippen LogP contribution in [0.1, 0.15) is 57.9 Å². The minimum Gasteiger partial charge on any atom is -0.397 e. The molecule has 2 aromatic heterocycles. The van der Waals surface area contributed by atoms with Gasteiger partial charge in [0, 0.05) is 18.7 Å². The Bertz CT molecular complexity index is 623. The van der Waals surface area contributed by atoms with Crippen molar-refractivity contribution in [3.05, 3.63) is 18.0 Å². The number of unbranched alkanes of at least 4 members (excludes halogenated alkanes) is 3. The summed E-state index contributed by atoms with van der Waals surface area (Å²) in [5, 5.41) is 7.50. The molecular formula is C18H33N7OS. The summed E-state index contributed by atoms with van der Waals surface area (Å²) in [4.78, 5) is 9.80. The summed E-state index contributed by atoms with van der Waals surface area (Å²) in [5.74, 6) is 1.14. The normalized spacial score (nSPS) is 11.2. The molecule has 0 bridgehead atoms. The second-order valence-corrected chi connectivity index (χ2v) is 7.23. The van der Waals surface area contributed by atoms with Crippen LogP contribution in [0.4, 0.5) is 11.6 Å². The van der Waals surface area contributed by atoms with Crippen molar-refractivity contribution in [1.82, 2.24) is 23.6 Å². The van der Waals surface area contributed by atoms with E-state index in [-0.39, 0.29) is 0 Å². The largest absolute Gasteiger partial charge is 0.397 e. The van der Waals surface area contributed by atoms with E-state index in [1.165, 1.54) is 31.2 Å². The fourth-order valence-electron chi connectivity index (χ4n) is 2.69. The van der Waals surface area contributed by atoms with Gasteiger partial charge >= 0.3 is 0 Å². The van der Waals surface area contributed by atoms with Gasteiger partial charge in [-0.05, 0) is 38.8 Å². The Morgan fingerprint density at radius 1 is 1.15 bits per heavy atom. The molecule has 2 rings (SSSR count). The van der Waals surface area contributed by atoms with Gasteiger partial charge in [0.1, 0.15) is 6.61 Å². The lowest BCUT2D eigenvalue weighted by Gasteiger charge is -2.21. The van der Waals surface area contributed by atoms with Crippen molar-refractivity contribution in [2.75, 3.05) is 37.3 Å². The molecule has 8 nitrogen and oxygen atoms in total. The quantitative estimate of drug-likeness (QED) is 0.448. The highest BCUT2D eigenvalue weighted by molar-refractivity contribution is 6.99. The molecule has 0 saturated carbocycles. The van der Waals surface area contributed by atoms with E-state index in [2.05, 4.69) is 37.9 Å². The van der Waals surface area contributed by atoms with E-state index in [0.717, 1.165) is 50.7 Å². The molecule has 152 valence electrons. The van der Waals surface area contributed by atoms with E-state index in [0.29, 0.717) is 18.2 Å². The van der Waals surface area contributed by atoms with Gasteiger partial charge in [0.25, 0.3) is 0 Å². The van der Waals surface area contributed by atoms with Gasteiger partial charge in [-0.2, -0.15) is 8.75 Å². The Balaban J connectivity index is 1.63. The van der Waals surface area contributed by atoms with E-state index in [1.54, 1.807) is 4.85 Å². The molecule has 2 aromatic rings. The number of nitrogens with zero attached hydrogens (tertiary/aromatic N) is 5. The molecular weight excluding hydrogens is 362 g/mol. The number of anilines is 2. The van der Waals surface area contributed by atoms with Crippen LogP contribution in [-0.2, 0) is 6.54 Å². The van der Waals surface area contributed by atoms with Crippen LogP contribution in [-0.4, -0.2) is 49.8 Å². The first-order valence-corrected chi connectivity index (χ1v) is 10.7. The number of hydrogen-bond acceptors (Lipinski definition) is 8. The van der Waals surface area contributed by atoms with Crippen molar-refractivity contribution >= 4 is 23.4 Å². The zero-order chi connectivity index (χ0) is 19.3. The molecule has 0 fully saturated rings. The van der Waals surface area contributed by atoms with Crippen molar-refractivity contribution < 1.29 is 4.84 Å². The van der Waals surface area contributed by atoms with Crippen LogP contribution in [0, 0.1) is 0 Å². The number of nitrogen functional groups attached to an aromatic ring is 1. The number of aromatic nitrogens is 4. The fraction of sp³-hybridized carbons (Fsp3) is 0.722. The summed E-state index contributed by atoms with van der Waals surface area (Å²) in [6, 6.07) is 0. The van der Waals surface area contributed by atoms with Crippen molar-refractivity contribution in [3.8, 4) is 0 Å². The lowest BCUT2D eigenvalue weighted by atomic mass is 10.2. The second-order valence-electron chi connectivity index (χ2n) is 6.70. The maximum Gasteiger partial charge on any atom is 0.184 e. The van der Waals surface area contributed by atoms with Crippen LogP contribution in [0.2, 0.25) is 0 Å². The van der Waals surface area contributed by atoms with Crippen molar-refractivity contribution in [2.24, 2.45) is 0 Å². The summed E-state index contributed by atoms with van der Waals surface area (Å²) in [6.45, 7) is 9.14. The molecule has 0 aliphatic rings. The highest BCUT2D eigenvalue weighted by Gasteiger charge is 2.08. The summed E-state index contributed by atoms with van der Waals surface area (Å²) < 4.78 is 8.02. The Kier molecular flexibility index (Phi) is 9.93. The highest BCUT2D eigenvalue weighted by Crippen LogP contribution is 2.13. The first kappa shape index (κ1) is 21.4. The van der Waals surface area contributed by atoms with E-state index in [1.807, 2.05) is 12.4 Å². The van der Waals surface area contributed by atoms with E-state index in [4.69, 9.17) is 10.6 Å². The Morgan fingerprint density at radius 3 is 2.59 bits per heavy atom. The monoisotopic (exact) mass is 395 g/mol. The van der Waals surface area contributed by atoms with Crippen LogP contribution in [0.3, 0.4) is 0 Å².